The maximum atomic E-state index is 11.3. The molecule has 1 aliphatic carbocycles. The lowest BCUT2D eigenvalue weighted by atomic mass is 10.3. The Bertz CT molecular complexity index is 331. The summed E-state index contributed by atoms with van der Waals surface area (Å²) in [5.74, 6) is 0.546. The Morgan fingerprint density at radius 1 is 1.71 bits per heavy atom. The van der Waals surface area contributed by atoms with Crippen molar-refractivity contribution in [3.63, 3.8) is 0 Å². The highest BCUT2D eigenvalue weighted by Crippen LogP contribution is 2.28. The normalized spacial score (nSPS) is 15.5. The van der Waals surface area contributed by atoms with E-state index in [1.54, 1.807) is 11.3 Å². The molecule has 0 aliphatic heterocycles. The molecule has 0 spiro atoms. The number of aryl methyl sites for hydroxylation is 1. The summed E-state index contributed by atoms with van der Waals surface area (Å²) in [5, 5.41) is 2.95. The number of nitrogens with zero attached hydrogens (tertiary/aromatic N) is 1. The zero-order chi connectivity index (χ0) is 9.97. The van der Waals surface area contributed by atoms with E-state index >= 15 is 0 Å². The van der Waals surface area contributed by atoms with Gasteiger partial charge in [0.05, 0.1) is 11.2 Å². The standard InChI is InChI=1S/C10H14N2OS/c1-7-9(14-6-12-7)4-5-11-10(13)8-2-3-8/h6,8H,2-5H2,1H3,(H,11,13). The number of rotatable bonds is 4. The molecule has 76 valence electrons. The van der Waals surface area contributed by atoms with Gasteiger partial charge in [0, 0.05) is 23.8 Å². The van der Waals surface area contributed by atoms with Crippen molar-refractivity contribution >= 4 is 17.2 Å². The van der Waals surface area contributed by atoms with E-state index in [9.17, 15) is 4.79 Å². The van der Waals surface area contributed by atoms with Crippen molar-refractivity contribution in [1.29, 1.82) is 0 Å². The molecule has 3 nitrogen and oxygen atoms in total. The summed E-state index contributed by atoms with van der Waals surface area (Å²) in [4.78, 5) is 16.7. The number of aromatic nitrogens is 1. The monoisotopic (exact) mass is 210 g/mol. The third-order valence-corrected chi connectivity index (χ3v) is 3.44. The van der Waals surface area contributed by atoms with Crippen molar-refractivity contribution in [3.8, 4) is 0 Å². The first-order chi connectivity index (χ1) is 6.77. The number of nitrogens with one attached hydrogen (secondary N) is 1. The number of carbonyl (C=O) groups is 1. The number of amides is 1. The quantitative estimate of drug-likeness (QED) is 0.818. The topological polar surface area (TPSA) is 42.0 Å². The molecule has 1 N–H and O–H groups in total. The molecule has 1 saturated carbocycles. The molecule has 0 saturated heterocycles. The highest BCUT2D eigenvalue weighted by atomic mass is 32.1. The lowest BCUT2D eigenvalue weighted by Crippen LogP contribution is -2.26. The molecule has 0 atom stereocenters. The zero-order valence-electron chi connectivity index (χ0n) is 8.25. The van der Waals surface area contributed by atoms with Crippen LogP contribution in [0.15, 0.2) is 5.51 Å². The lowest BCUT2D eigenvalue weighted by molar-refractivity contribution is -0.122. The van der Waals surface area contributed by atoms with Crippen molar-refractivity contribution in [3.05, 3.63) is 16.1 Å². The van der Waals surface area contributed by atoms with Crippen LogP contribution in [-0.4, -0.2) is 17.4 Å². The van der Waals surface area contributed by atoms with Crippen LogP contribution in [0.1, 0.15) is 23.4 Å². The van der Waals surface area contributed by atoms with E-state index in [1.807, 2.05) is 12.4 Å². The molecule has 1 amide bonds. The summed E-state index contributed by atoms with van der Waals surface area (Å²) in [7, 11) is 0. The van der Waals surface area contributed by atoms with Crippen molar-refractivity contribution < 1.29 is 4.79 Å². The number of hydrogen-bond donors (Lipinski definition) is 1. The van der Waals surface area contributed by atoms with Crippen LogP contribution in [0.25, 0.3) is 0 Å². The van der Waals surface area contributed by atoms with Gasteiger partial charge in [0.25, 0.3) is 0 Å². The third kappa shape index (κ3) is 2.32. The van der Waals surface area contributed by atoms with Crippen LogP contribution in [0.5, 0.6) is 0 Å². The first-order valence-electron chi connectivity index (χ1n) is 4.94. The van der Waals surface area contributed by atoms with Gasteiger partial charge in [-0.25, -0.2) is 4.98 Å². The van der Waals surface area contributed by atoms with Crippen LogP contribution >= 0.6 is 11.3 Å². The first kappa shape index (κ1) is 9.65. The molecule has 1 fully saturated rings. The van der Waals surface area contributed by atoms with Gasteiger partial charge in [-0.15, -0.1) is 11.3 Å². The molecule has 0 unspecified atom stereocenters. The molecule has 1 aliphatic rings. The summed E-state index contributed by atoms with van der Waals surface area (Å²) in [6.07, 6.45) is 3.06. The van der Waals surface area contributed by atoms with Gasteiger partial charge in [-0.2, -0.15) is 0 Å². The van der Waals surface area contributed by atoms with E-state index in [1.165, 1.54) is 4.88 Å². The van der Waals surface area contributed by atoms with Crippen LogP contribution in [-0.2, 0) is 11.2 Å². The molecule has 0 aromatic carbocycles. The van der Waals surface area contributed by atoms with Crippen LogP contribution in [0.4, 0.5) is 0 Å². The number of thiazole rings is 1. The van der Waals surface area contributed by atoms with Crippen molar-refractivity contribution in [1.82, 2.24) is 10.3 Å². The van der Waals surface area contributed by atoms with Crippen molar-refractivity contribution in [2.45, 2.75) is 26.2 Å². The summed E-state index contributed by atoms with van der Waals surface area (Å²) >= 11 is 1.66. The predicted octanol–water partition coefficient (Wildman–Crippen LogP) is 1.52. The molecule has 0 bridgehead atoms. The second-order valence-electron chi connectivity index (χ2n) is 3.68. The predicted molar refractivity (Wildman–Crippen MR) is 56.3 cm³/mol. The van der Waals surface area contributed by atoms with E-state index in [-0.39, 0.29) is 5.91 Å². The SMILES string of the molecule is Cc1ncsc1CCNC(=O)C1CC1. The maximum Gasteiger partial charge on any atom is 0.223 e. The second-order valence-corrected chi connectivity index (χ2v) is 4.62. The molecule has 4 heteroatoms. The second kappa shape index (κ2) is 4.09. The number of carbonyl (C=O) groups excluding carboxylic acids is 1. The summed E-state index contributed by atoms with van der Waals surface area (Å²) < 4.78 is 0. The zero-order valence-corrected chi connectivity index (χ0v) is 9.06. The molecule has 1 aromatic rings. The average molecular weight is 210 g/mol. The van der Waals surface area contributed by atoms with Gasteiger partial charge < -0.3 is 5.32 Å². The molecule has 2 rings (SSSR count). The van der Waals surface area contributed by atoms with Crippen LogP contribution in [0, 0.1) is 12.8 Å². The fraction of sp³-hybridized carbons (Fsp3) is 0.600. The van der Waals surface area contributed by atoms with Crippen molar-refractivity contribution in [2.24, 2.45) is 5.92 Å². The van der Waals surface area contributed by atoms with Gasteiger partial charge in [-0.3, -0.25) is 4.79 Å². The molecular formula is C10H14N2OS. The Hall–Kier alpha value is -0.900. The van der Waals surface area contributed by atoms with E-state index in [0.717, 1.165) is 31.5 Å². The summed E-state index contributed by atoms with van der Waals surface area (Å²) in [6.45, 7) is 2.76. The Morgan fingerprint density at radius 2 is 2.50 bits per heavy atom. The largest absolute Gasteiger partial charge is 0.356 e. The minimum absolute atomic E-state index is 0.229. The molecule has 1 heterocycles. The molecule has 1 aromatic heterocycles. The third-order valence-electron chi connectivity index (χ3n) is 2.44. The number of hydrogen-bond acceptors (Lipinski definition) is 3. The van der Waals surface area contributed by atoms with Crippen LogP contribution < -0.4 is 5.32 Å². The van der Waals surface area contributed by atoms with E-state index < -0.39 is 0 Å². The summed E-state index contributed by atoms with van der Waals surface area (Å²) in [5.41, 5.74) is 2.95. The molecule has 14 heavy (non-hydrogen) atoms. The van der Waals surface area contributed by atoms with Crippen LogP contribution in [0.2, 0.25) is 0 Å². The van der Waals surface area contributed by atoms with Gasteiger partial charge in [0.15, 0.2) is 0 Å². The fourth-order valence-electron chi connectivity index (χ4n) is 1.36. The highest BCUT2D eigenvalue weighted by molar-refractivity contribution is 7.09. The van der Waals surface area contributed by atoms with Gasteiger partial charge in [0.1, 0.15) is 0 Å². The minimum Gasteiger partial charge on any atom is -0.356 e. The Kier molecular flexibility index (Phi) is 2.82. The Morgan fingerprint density at radius 3 is 3.07 bits per heavy atom. The maximum absolute atomic E-state index is 11.3. The Labute approximate surface area is 87.6 Å². The minimum atomic E-state index is 0.229. The van der Waals surface area contributed by atoms with Gasteiger partial charge in [-0.1, -0.05) is 0 Å². The highest BCUT2D eigenvalue weighted by Gasteiger charge is 2.28. The molecule has 0 radical (unpaired) electrons. The lowest BCUT2D eigenvalue weighted by Gasteiger charge is -2.02. The summed E-state index contributed by atoms with van der Waals surface area (Å²) in [6, 6.07) is 0. The fourth-order valence-corrected chi connectivity index (χ4v) is 2.14. The Balaban J connectivity index is 1.72. The van der Waals surface area contributed by atoms with Gasteiger partial charge in [0.2, 0.25) is 5.91 Å². The van der Waals surface area contributed by atoms with Gasteiger partial charge in [-0.05, 0) is 19.8 Å². The molecular weight excluding hydrogens is 196 g/mol. The first-order valence-corrected chi connectivity index (χ1v) is 5.82. The smallest absolute Gasteiger partial charge is 0.223 e. The van der Waals surface area contributed by atoms with Gasteiger partial charge >= 0.3 is 0 Å². The van der Waals surface area contributed by atoms with E-state index in [0.29, 0.717) is 5.92 Å². The van der Waals surface area contributed by atoms with Crippen molar-refractivity contribution in [2.75, 3.05) is 6.54 Å². The van der Waals surface area contributed by atoms with E-state index in [4.69, 9.17) is 0 Å². The van der Waals surface area contributed by atoms with Crippen LogP contribution in [0.3, 0.4) is 0 Å². The van der Waals surface area contributed by atoms with E-state index in [2.05, 4.69) is 10.3 Å². The average Bonchev–Trinajstić information content (AvgIpc) is 2.93.